The lowest BCUT2D eigenvalue weighted by Gasteiger charge is -2.06. The Bertz CT molecular complexity index is 720. The van der Waals surface area contributed by atoms with Crippen LogP contribution in [0.2, 0.25) is 0 Å². The predicted molar refractivity (Wildman–Crippen MR) is 77.0 cm³/mol. The molecule has 2 amide bonds. The van der Waals surface area contributed by atoms with Crippen molar-refractivity contribution in [1.82, 2.24) is 25.0 Å². The number of hydrogen-bond donors (Lipinski definition) is 2. The van der Waals surface area contributed by atoms with Crippen molar-refractivity contribution in [3.63, 3.8) is 0 Å². The van der Waals surface area contributed by atoms with Gasteiger partial charge in [0.1, 0.15) is 0 Å². The smallest absolute Gasteiger partial charge is 0.336 e. The van der Waals surface area contributed by atoms with Crippen LogP contribution in [0.5, 0.6) is 0 Å². The normalized spacial score (nSPS) is 11.5. The molecule has 0 aliphatic heterocycles. The number of carbonyl (C=O) groups is 1. The zero-order valence-electron chi connectivity index (χ0n) is 12.1. The Labute approximate surface area is 132 Å². The highest BCUT2D eigenvalue weighted by atomic mass is 32.1. The quantitative estimate of drug-likeness (QED) is 0.850. The van der Waals surface area contributed by atoms with Gasteiger partial charge >= 0.3 is 17.9 Å². The van der Waals surface area contributed by atoms with E-state index in [2.05, 4.69) is 15.7 Å². The molecular weight excluding hydrogens is 335 g/mol. The molecule has 2 N–H and O–H groups in total. The second-order valence-electron chi connectivity index (χ2n) is 4.57. The summed E-state index contributed by atoms with van der Waals surface area (Å²) in [5.74, 6) is -1.27. The van der Waals surface area contributed by atoms with Gasteiger partial charge in [-0.1, -0.05) is 6.07 Å². The van der Waals surface area contributed by atoms with Crippen molar-refractivity contribution in [3.05, 3.63) is 38.7 Å². The molecule has 7 nitrogen and oxygen atoms in total. The summed E-state index contributed by atoms with van der Waals surface area (Å²) in [5.41, 5.74) is -0.891. The fourth-order valence-electron chi connectivity index (χ4n) is 1.80. The van der Waals surface area contributed by atoms with Gasteiger partial charge in [-0.2, -0.15) is 13.2 Å². The molecule has 2 heterocycles. The van der Waals surface area contributed by atoms with Crippen LogP contribution in [0.4, 0.5) is 18.0 Å². The minimum absolute atomic E-state index is 0.0233. The van der Waals surface area contributed by atoms with Crippen molar-refractivity contribution < 1.29 is 18.0 Å². The van der Waals surface area contributed by atoms with Crippen LogP contribution in [0.25, 0.3) is 0 Å². The average molecular weight is 349 g/mol. The Morgan fingerprint density at radius 2 is 2.13 bits per heavy atom. The first-order valence-electron chi connectivity index (χ1n) is 6.54. The van der Waals surface area contributed by atoms with Gasteiger partial charge in [0, 0.05) is 18.5 Å². The maximum atomic E-state index is 12.6. The lowest BCUT2D eigenvalue weighted by molar-refractivity contribution is -0.147. The number of nitrogens with one attached hydrogen (secondary N) is 2. The Balaban J connectivity index is 1.84. The molecule has 2 rings (SSSR count). The number of amides is 2. The van der Waals surface area contributed by atoms with E-state index in [-0.39, 0.29) is 13.1 Å². The summed E-state index contributed by atoms with van der Waals surface area (Å²) in [7, 11) is 0.996. The molecule has 0 unspecified atom stereocenters. The van der Waals surface area contributed by atoms with Gasteiger partial charge in [0.05, 0.1) is 13.1 Å². The van der Waals surface area contributed by atoms with Gasteiger partial charge in [-0.05, 0) is 11.4 Å². The average Bonchev–Trinajstić information content (AvgIpc) is 3.07. The lowest BCUT2D eigenvalue weighted by Crippen LogP contribution is -2.38. The largest absolute Gasteiger partial charge is 0.451 e. The van der Waals surface area contributed by atoms with Crippen LogP contribution in [0, 0.1) is 0 Å². The number of aromatic nitrogens is 3. The molecule has 11 heteroatoms. The van der Waals surface area contributed by atoms with Gasteiger partial charge in [-0.15, -0.1) is 16.4 Å². The monoisotopic (exact) mass is 349 g/mol. The number of nitrogens with zero attached hydrogens (tertiary/aromatic N) is 3. The molecule has 0 fully saturated rings. The molecule has 0 radical (unpaired) electrons. The van der Waals surface area contributed by atoms with Crippen LogP contribution < -0.4 is 16.3 Å². The van der Waals surface area contributed by atoms with E-state index in [0.717, 1.165) is 11.9 Å². The van der Waals surface area contributed by atoms with Crippen molar-refractivity contribution in [2.45, 2.75) is 19.3 Å². The van der Waals surface area contributed by atoms with Crippen LogP contribution in [-0.2, 0) is 26.3 Å². The fraction of sp³-hybridized carbons (Fsp3) is 0.417. The highest BCUT2D eigenvalue weighted by molar-refractivity contribution is 7.09. The third-order valence-electron chi connectivity index (χ3n) is 2.91. The van der Waals surface area contributed by atoms with Gasteiger partial charge in [-0.25, -0.2) is 14.3 Å². The van der Waals surface area contributed by atoms with Crippen molar-refractivity contribution in [1.29, 1.82) is 0 Å². The number of thiophene rings is 1. The van der Waals surface area contributed by atoms with E-state index >= 15 is 0 Å². The third kappa shape index (κ3) is 4.34. The summed E-state index contributed by atoms with van der Waals surface area (Å²) < 4.78 is 38.9. The molecule has 126 valence electrons. The van der Waals surface area contributed by atoms with E-state index < -0.39 is 23.7 Å². The standard InChI is InChI=1S/C12H14F3N5O2S/c1-19-9(12(13,14)15)18-20(11(19)22)5-4-16-10(21)17-7-8-3-2-6-23-8/h2-3,6H,4-5,7H2,1H3,(H2,16,17,21). The van der Waals surface area contributed by atoms with E-state index in [1.165, 1.54) is 11.3 Å². The molecule has 0 aromatic carbocycles. The minimum Gasteiger partial charge on any atom is -0.336 e. The predicted octanol–water partition coefficient (Wildman–Crippen LogP) is 1.16. The molecule has 0 bridgehead atoms. The van der Waals surface area contributed by atoms with E-state index in [1.807, 2.05) is 17.5 Å². The molecule has 0 aliphatic carbocycles. The van der Waals surface area contributed by atoms with Gasteiger partial charge < -0.3 is 10.6 Å². The van der Waals surface area contributed by atoms with E-state index in [4.69, 9.17) is 0 Å². The van der Waals surface area contributed by atoms with Crippen molar-refractivity contribution in [3.8, 4) is 0 Å². The molecule has 23 heavy (non-hydrogen) atoms. The zero-order valence-corrected chi connectivity index (χ0v) is 12.9. The molecular formula is C12H14F3N5O2S. The minimum atomic E-state index is -4.70. The number of halogens is 3. The molecule has 0 saturated heterocycles. The Kier molecular flexibility index (Phi) is 5.08. The number of carbonyl (C=O) groups excluding carboxylic acids is 1. The van der Waals surface area contributed by atoms with Crippen LogP contribution in [-0.4, -0.2) is 26.9 Å². The number of hydrogen-bond acceptors (Lipinski definition) is 4. The van der Waals surface area contributed by atoms with Crippen molar-refractivity contribution in [2.24, 2.45) is 7.05 Å². The summed E-state index contributed by atoms with van der Waals surface area (Å²) in [6, 6.07) is 3.24. The van der Waals surface area contributed by atoms with Gasteiger partial charge in [0.25, 0.3) is 0 Å². The Morgan fingerprint density at radius 1 is 1.39 bits per heavy atom. The molecule has 2 aromatic heterocycles. The summed E-state index contributed by atoms with van der Waals surface area (Å²) in [6.45, 7) is 0.172. The molecule has 0 spiro atoms. The maximum absolute atomic E-state index is 12.6. The Hall–Kier alpha value is -2.30. The topological polar surface area (TPSA) is 81.0 Å². The van der Waals surface area contributed by atoms with E-state index in [0.29, 0.717) is 15.8 Å². The van der Waals surface area contributed by atoms with Gasteiger partial charge in [0.15, 0.2) is 0 Å². The molecule has 0 atom stereocenters. The van der Waals surface area contributed by atoms with Crippen molar-refractivity contribution in [2.75, 3.05) is 6.54 Å². The van der Waals surface area contributed by atoms with Gasteiger partial charge in [0.2, 0.25) is 5.82 Å². The number of rotatable bonds is 5. The highest BCUT2D eigenvalue weighted by Crippen LogP contribution is 2.25. The van der Waals surface area contributed by atoms with Crippen molar-refractivity contribution >= 4 is 17.4 Å². The SMILES string of the molecule is Cn1c(C(F)(F)F)nn(CCNC(=O)NCc2cccs2)c1=O. The number of urea groups is 1. The van der Waals surface area contributed by atoms with E-state index in [9.17, 15) is 22.8 Å². The summed E-state index contributed by atoms with van der Waals surface area (Å²) in [5, 5.41) is 10.2. The lowest BCUT2D eigenvalue weighted by atomic mass is 10.5. The van der Waals surface area contributed by atoms with Crippen LogP contribution in [0.3, 0.4) is 0 Å². The summed E-state index contributed by atoms with van der Waals surface area (Å²) in [4.78, 5) is 24.1. The zero-order chi connectivity index (χ0) is 17.0. The van der Waals surface area contributed by atoms with Gasteiger partial charge in [-0.3, -0.25) is 4.57 Å². The van der Waals surface area contributed by atoms with E-state index in [1.54, 1.807) is 0 Å². The summed E-state index contributed by atoms with van der Waals surface area (Å²) in [6.07, 6.45) is -4.70. The second kappa shape index (κ2) is 6.86. The molecule has 0 aliphatic rings. The first kappa shape index (κ1) is 17.1. The molecule has 2 aromatic rings. The van der Waals surface area contributed by atoms with Crippen LogP contribution in [0.1, 0.15) is 10.7 Å². The Morgan fingerprint density at radius 3 is 2.70 bits per heavy atom. The first-order chi connectivity index (χ1) is 10.8. The first-order valence-corrected chi connectivity index (χ1v) is 7.42. The molecule has 0 saturated carbocycles. The highest BCUT2D eigenvalue weighted by Gasteiger charge is 2.37. The van der Waals surface area contributed by atoms with Crippen LogP contribution in [0.15, 0.2) is 22.3 Å². The summed E-state index contributed by atoms with van der Waals surface area (Å²) >= 11 is 1.49. The second-order valence-corrected chi connectivity index (χ2v) is 5.61. The number of alkyl halides is 3. The van der Waals surface area contributed by atoms with Crippen LogP contribution >= 0.6 is 11.3 Å². The fourth-order valence-corrected chi connectivity index (χ4v) is 2.44. The maximum Gasteiger partial charge on any atom is 0.451 e. The third-order valence-corrected chi connectivity index (χ3v) is 3.78.